The molecule has 1 aromatic rings. The van der Waals surface area contributed by atoms with E-state index in [1.165, 1.54) is 6.07 Å². The number of nitrogens with one attached hydrogen (secondary N) is 1. The fraction of sp³-hybridized carbons (Fsp3) is 0.462. The minimum atomic E-state index is -4.12. The second kappa shape index (κ2) is 6.08. The first-order chi connectivity index (χ1) is 9.82. The van der Waals surface area contributed by atoms with Crippen LogP contribution in [0.5, 0.6) is 0 Å². The lowest BCUT2D eigenvalue weighted by atomic mass is 10.0. The zero-order chi connectivity index (χ0) is 15.6. The van der Waals surface area contributed by atoms with E-state index in [0.717, 1.165) is 25.0 Å². The van der Waals surface area contributed by atoms with Gasteiger partial charge < -0.3 is 10.2 Å². The average molecular weight is 315 g/mol. The summed E-state index contributed by atoms with van der Waals surface area (Å²) in [6.07, 6.45) is 1.86. The van der Waals surface area contributed by atoms with Gasteiger partial charge in [-0.05, 0) is 38.1 Å². The summed E-state index contributed by atoms with van der Waals surface area (Å²) in [7, 11) is -2.29. The molecule has 1 fully saturated rings. The maximum atomic E-state index is 13.8. The summed E-state index contributed by atoms with van der Waals surface area (Å²) < 4.78 is 36.1. The van der Waals surface area contributed by atoms with Crippen LogP contribution in [-0.2, 0) is 10.0 Å². The number of sulfonamides is 1. The minimum absolute atomic E-state index is 0.122. The quantitative estimate of drug-likeness (QED) is 0.839. The largest absolute Gasteiger partial charge is 0.337 e. The highest BCUT2D eigenvalue weighted by Gasteiger charge is 2.25. The van der Waals surface area contributed by atoms with Gasteiger partial charge in [0.25, 0.3) is 5.91 Å². The number of rotatable bonds is 3. The van der Waals surface area contributed by atoms with E-state index in [-0.39, 0.29) is 17.5 Å². The lowest BCUT2D eigenvalue weighted by Crippen LogP contribution is -2.47. The van der Waals surface area contributed by atoms with Crippen LogP contribution < -0.4 is 10.5 Å². The van der Waals surface area contributed by atoms with Gasteiger partial charge in [0.05, 0.1) is 0 Å². The average Bonchev–Trinajstić information content (AvgIpc) is 2.45. The number of likely N-dealkylation sites (tertiary alicyclic amines) is 1. The number of benzene rings is 1. The van der Waals surface area contributed by atoms with Crippen molar-refractivity contribution in [1.29, 1.82) is 0 Å². The molecule has 21 heavy (non-hydrogen) atoms. The number of carbonyl (C=O) groups excluding carboxylic acids is 1. The van der Waals surface area contributed by atoms with Crippen molar-refractivity contribution < 1.29 is 17.6 Å². The number of hydrogen-bond donors (Lipinski definition) is 2. The predicted molar refractivity (Wildman–Crippen MR) is 75.8 cm³/mol. The van der Waals surface area contributed by atoms with E-state index in [1.807, 2.05) is 7.05 Å². The Hall–Kier alpha value is -1.51. The number of piperidine rings is 1. The molecule has 0 aliphatic carbocycles. The highest BCUT2D eigenvalue weighted by Crippen LogP contribution is 2.18. The van der Waals surface area contributed by atoms with Crippen molar-refractivity contribution in [2.24, 2.45) is 5.14 Å². The Balaban J connectivity index is 2.22. The second-order valence-electron chi connectivity index (χ2n) is 5.07. The van der Waals surface area contributed by atoms with E-state index in [4.69, 9.17) is 5.14 Å². The first-order valence-corrected chi connectivity index (χ1v) is 8.16. The molecule has 1 aliphatic rings. The maximum absolute atomic E-state index is 13.8. The van der Waals surface area contributed by atoms with E-state index < -0.39 is 20.7 Å². The van der Waals surface area contributed by atoms with Gasteiger partial charge in [0.1, 0.15) is 10.7 Å². The Bertz CT molecular complexity index is 648. The minimum Gasteiger partial charge on any atom is -0.337 e. The molecule has 1 saturated heterocycles. The third-order valence-corrected chi connectivity index (χ3v) is 4.55. The molecule has 6 nitrogen and oxygen atoms in total. The van der Waals surface area contributed by atoms with Gasteiger partial charge in [-0.15, -0.1) is 0 Å². The summed E-state index contributed by atoms with van der Waals surface area (Å²) >= 11 is 0. The standard InChI is InChI=1S/C13H18FN3O3S/c1-16-10-3-2-6-17(8-10)13(18)9-4-5-12(11(14)7-9)21(15,19)20/h4-5,7,10,16H,2-3,6,8H2,1H3,(H2,15,19,20). The molecule has 1 atom stereocenters. The number of halogens is 1. The van der Waals surface area contributed by atoms with Crippen LogP contribution in [0.15, 0.2) is 23.1 Å². The molecular formula is C13H18FN3O3S. The van der Waals surface area contributed by atoms with Crippen molar-refractivity contribution in [3.05, 3.63) is 29.6 Å². The summed E-state index contributed by atoms with van der Waals surface area (Å²) in [6.45, 7) is 1.16. The summed E-state index contributed by atoms with van der Waals surface area (Å²) in [5, 5.41) is 8.01. The van der Waals surface area contributed by atoms with Gasteiger partial charge in [0.2, 0.25) is 10.0 Å². The second-order valence-corrected chi connectivity index (χ2v) is 6.60. The van der Waals surface area contributed by atoms with Crippen LogP contribution in [0.2, 0.25) is 0 Å². The molecule has 0 aromatic heterocycles. The Morgan fingerprint density at radius 2 is 2.19 bits per heavy atom. The molecule has 116 valence electrons. The van der Waals surface area contributed by atoms with Gasteiger partial charge in [-0.25, -0.2) is 17.9 Å². The van der Waals surface area contributed by atoms with Crippen LogP contribution in [-0.4, -0.2) is 45.4 Å². The number of primary sulfonamides is 1. The van der Waals surface area contributed by atoms with Gasteiger partial charge in [-0.2, -0.15) is 0 Å². The Morgan fingerprint density at radius 3 is 2.76 bits per heavy atom. The highest BCUT2D eigenvalue weighted by molar-refractivity contribution is 7.89. The van der Waals surface area contributed by atoms with E-state index in [0.29, 0.717) is 13.1 Å². The number of nitrogens with zero attached hydrogens (tertiary/aromatic N) is 1. The van der Waals surface area contributed by atoms with Crippen molar-refractivity contribution in [1.82, 2.24) is 10.2 Å². The molecule has 1 aromatic carbocycles. The zero-order valence-electron chi connectivity index (χ0n) is 11.7. The van der Waals surface area contributed by atoms with E-state index in [9.17, 15) is 17.6 Å². The van der Waals surface area contributed by atoms with E-state index in [1.54, 1.807) is 4.90 Å². The lowest BCUT2D eigenvalue weighted by Gasteiger charge is -2.32. The van der Waals surface area contributed by atoms with Crippen LogP contribution in [0.1, 0.15) is 23.2 Å². The molecule has 0 saturated carbocycles. The summed E-state index contributed by atoms with van der Waals surface area (Å²) in [5.74, 6) is -1.32. The fourth-order valence-electron chi connectivity index (χ4n) is 2.44. The number of likely N-dealkylation sites (N-methyl/N-ethyl adjacent to an activating group) is 1. The van der Waals surface area contributed by atoms with Crippen molar-refractivity contribution in [3.63, 3.8) is 0 Å². The van der Waals surface area contributed by atoms with Crippen LogP contribution in [0.4, 0.5) is 4.39 Å². The van der Waals surface area contributed by atoms with E-state index >= 15 is 0 Å². The molecule has 0 radical (unpaired) electrons. The van der Waals surface area contributed by atoms with Crippen molar-refractivity contribution in [3.8, 4) is 0 Å². The maximum Gasteiger partial charge on any atom is 0.254 e. The lowest BCUT2D eigenvalue weighted by molar-refractivity contribution is 0.0697. The van der Waals surface area contributed by atoms with Gasteiger partial charge >= 0.3 is 0 Å². The van der Waals surface area contributed by atoms with E-state index in [2.05, 4.69) is 5.32 Å². The van der Waals surface area contributed by atoms with Gasteiger partial charge in [0, 0.05) is 24.7 Å². The van der Waals surface area contributed by atoms with Crippen LogP contribution in [0, 0.1) is 5.82 Å². The van der Waals surface area contributed by atoms with Crippen molar-refractivity contribution in [2.75, 3.05) is 20.1 Å². The van der Waals surface area contributed by atoms with Crippen LogP contribution >= 0.6 is 0 Å². The molecule has 0 spiro atoms. The number of amides is 1. The molecular weight excluding hydrogens is 297 g/mol. The summed E-state index contributed by atoms with van der Waals surface area (Å²) in [6, 6.07) is 3.45. The molecule has 1 amide bonds. The zero-order valence-corrected chi connectivity index (χ0v) is 12.5. The topological polar surface area (TPSA) is 92.5 Å². The predicted octanol–water partition coefficient (Wildman–Crippen LogP) is 0.297. The van der Waals surface area contributed by atoms with Crippen molar-refractivity contribution in [2.45, 2.75) is 23.8 Å². The summed E-state index contributed by atoms with van der Waals surface area (Å²) in [5.41, 5.74) is 0.122. The molecule has 1 heterocycles. The Labute approximate surface area is 123 Å². The van der Waals surface area contributed by atoms with Gasteiger partial charge in [-0.1, -0.05) is 0 Å². The monoisotopic (exact) mass is 315 g/mol. The molecule has 1 unspecified atom stereocenters. The molecule has 8 heteroatoms. The number of hydrogen-bond acceptors (Lipinski definition) is 4. The summed E-state index contributed by atoms with van der Waals surface area (Å²) in [4.78, 5) is 13.4. The molecule has 0 bridgehead atoms. The smallest absolute Gasteiger partial charge is 0.254 e. The van der Waals surface area contributed by atoms with Gasteiger partial charge in [0.15, 0.2) is 0 Å². The highest BCUT2D eigenvalue weighted by atomic mass is 32.2. The Kier molecular flexibility index (Phi) is 4.60. The van der Waals surface area contributed by atoms with Crippen molar-refractivity contribution >= 4 is 15.9 Å². The molecule has 1 aliphatic heterocycles. The fourth-order valence-corrected chi connectivity index (χ4v) is 3.03. The first kappa shape index (κ1) is 15.9. The number of nitrogens with two attached hydrogens (primary N) is 1. The third kappa shape index (κ3) is 3.58. The third-order valence-electron chi connectivity index (χ3n) is 3.60. The Morgan fingerprint density at radius 1 is 1.48 bits per heavy atom. The van der Waals surface area contributed by atoms with Crippen LogP contribution in [0.25, 0.3) is 0 Å². The van der Waals surface area contributed by atoms with Gasteiger partial charge in [-0.3, -0.25) is 4.79 Å². The normalized spacial score (nSPS) is 19.6. The SMILES string of the molecule is CNC1CCCN(C(=O)c2ccc(S(N)(=O)=O)c(F)c2)C1. The molecule has 3 N–H and O–H groups in total. The van der Waals surface area contributed by atoms with Crippen LogP contribution in [0.3, 0.4) is 0 Å². The molecule has 2 rings (SSSR count). The number of carbonyl (C=O) groups is 1. The first-order valence-electron chi connectivity index (χ1n) is 6.62.